The fourth-order valence-electron chi connectivity index (χ4n) is 2.96. The van der Waals surface area contributed by atoms with E-state index in [0.717, 1.165) is 50.7 Å². The highest BCUT2D eigenvalue weighted by Crippen LogP contribution is 2.31. The molecular formula is C19H25F3N6. The third kappa shape index (κ3) is 5.66. The lowest BCUT2D eigenvalue weighted by atomic mass is 10.1. The Labute approximate surface area is 162 Å². The standard InChI is InChI=1S/C19H25F3N6/c1-24-13-26-18(28-9-4-3-5-10-28)16(12-23)17(25-2)27-15-8-6-7-14(11-15)19(20,21)22/h6-8,11-12,23-24,27H,2-5,9-10,13H2,1H3/b17-16+,23-12?,26-18+. The highest BCUT2D eigenvalue weighted by atomic mass is 19.4. The number of nitrogens with one attached hydrogen (secondary N) is 3. The van der Waals surface area contributed by atoms with Gasteiger partial charge in [-0.05, 0) is 51.2 Å². The van der Waals surface area contributed by atoms with Crippen molar-refractivity contribution >= 4 is 24.5 Å². The van der Waals surface area contributed by atoms with Crippen molar-refractivity contribution in [3.63, 3.8) is 0 Å². The number of hydrogen-bond donors (Lipinski definition) is 3. The molecule has 28 heavy (non-hydrogen) atoms. The summed E-state index contributed by atoms with van der Waals surface area (Å²) in [4.78, 5) is 10.5. The van der Waals surface area contributed by atoms with Crippen LogP contribution in [0.3, 0.4) is 0 Å². The van der Waals surface area contributed by atoms with Crippen molar-refractivity contribution < 1.29 is 13.2 Å². The molecule has 2 rings (SSSR count). The van der Waals surface area contributed by atoms with E-state index < -0.39 is 11.7 Å². The molecule has 1 fully saturated rings. The molecule has 1 aromatic rings. The quantitative estimate of drug-likeness (QED) is 0.487. The zero-order valence-corrected chi connectivity index (χ0v) is 15.8. The molecule has 1 aliphatic heterocycles. The van der Waals surface area contributed by atoms with Gasteiger partial charge in [-0.2, -0.15) is 13.2 Å². The van der Waals surface area contributed by atoms with E-state index in [1.54, 1.807) is 7.05 Å². The molecule has 3 N–H and O–H groups in total. The lowest BCUT2D eigenvalue weighted by Gasteiger charge is -2.30. The molecule has 0 aliphatic carbocycles. The van der Waals surface area contributed by atoms with E-state index in [-0.39, 0.29) is 11.5 Å². The monoisotopic (exact) mass is 394 g/mol. The predicted molar refractivity (Wildman–Crippen MR) is 107 cm³/mol. The van der Waals surface area contributed by atoms with E-state index in [4.69, 9.17) is 5.41 Å². The Hall–Kier alpha value is -2.68. The Morgan fingerprint density at radius 1 is 1.29 bits per heavy atom. The molecule has 1 aliphatic rings. The van der Waals surface area contributed by atoms with Crippen LogP contribution in [0.1, 0.15) is 24.8 Å². The number of aliphatic imine (C=N–C) groups is 2. The van der Waals surface area contributed by atoms with Crippen molar-refractivity contribution in [2.45, 2.75) is 25.4 Å². The molecule has 1 saturated heterocycles. The molecule has 0 saturated carbocycles. The number of alkyl halides is 3. The van der Waals surface area contributed by atoms with Crippen molar-refractivity contribution in [1.82, 2.24) is 10.2 Å². The highest BCUT2D eigenvalue weighted by Gasteiger charge is 2.30. The summed E-state index contributed by atoms with van der Waals surface area (Å²) < 4.78 is 38.9. The molecule has 6 nitrogen and oxygen atoms in total. The summed E-state index contributed by atoms with van der Waals surface area (Å²) in [5.41, 5.74) is -0.176. The Morgan fingerprint density at radius 2 is 2.00 bits per heavy atom. The van der Waals surface area contributed by atoms with Gasteiger partial charge in [-0.1, -0.05) is 6.07 Å². The molecule has 1 aromatic carbocycles. The number of benzene rings is 1. The summed E-state index contributed by atoms with van der Waals surface area (Å²) in [5.74, 6) is 0.765. The van der Waals surface area contributed by atoms with Crippen molar-refractivity contribution in [1.29, 1.82) is 5.41 Å². The summed E-state index contributed by atoms with van der Waals surface area (Å²) in [5, 5.41) is 13.7. The summed E-state index contributed by atoms with van der Waals surface area (Å²) in [7, 11) is 1.76. The predicted octanol–water partition coefficient (Wildman–Crippen LogP) is 3.74. The van der Waals surface area contributed by atoms with Crippen LogP contribution in [0.4, 0.5) is 18.9 Å². The summed E-state index contributed by atoms with van der Waals surface area (Å²) in [6.07, 6.45) is -0.174. The van der Waals surface area contributed by atoms with Crippen LogP contribution >= 0.6 is 0 Å². The fraction of sp³-hybridized carbons (Fsp3) is 0.421. The molecule has 0 aromatic heterocycles. The number of halogens is 3. The third-order valence-electron chi connectivity index (χ3n) is 4.29. The van der Waals surface area contributed by atoms with Gasteiger partial charge in [-0.25, -0.2) is 4.99 Å². The van der Waals surface area contributed by atoms with Gasteiger partial charge in [0.1, 0.15) is 11.7 Å². The first kappa shape index (κ1) is 21.6. The first-order valence-corrected chi connectivity index (χ1v) is 9.00. The van der Waals surface area contributed by atoms with Gasteiger partial charge in [0, 0.05) is 25.0 Å². The van der Waals surface area contributed by atoms with Gasteiger partial charge in [-0.3, -0.25) is 4.99 Å². The van der Waals surface area contributed by atoms with E-state index in [1.165, 1.54) is 12.1 Å². The summed E-state index contributed by atoms with van der Waals surface area (Å²) in [6, 6.07) is 4.82. The SMILES string of the molecule is C=N/C(Nc1cccc(C(F)(F)F)c1)=C(C=N)\C(=N/CNC)N1CCCCC1. The molecular weight excluding hydrogens is 369 g/mol. The van der Waals surface area contributed by atoms with Crippen molar-refractivity contribution in [2.24, 2.45) is 9.98 Å². The first-order chi connectivity index (χ1) is 13.4. The molecule has 0 amide bonds. The zero-order chi connectivity index (χ0) is 20.6. The Kier molecular flexibility index (Phi) is 7.74. The maximum absolute atomic E-state index is 13.0. The lowest BCUT2D eigenvalue weighted by Crippen LogP contribution is -2.38. The number of amidine groups is 1. The average Bonchev–Trinajstić information content (AvgIpc) is 2.70. The number of rotatable bonds is 7. The van der Waals surface area contributed by atoms with Gasteiger partial charge in [0.25, 0.3) is 0 Å². The van der Waals surface area contributed by atoms with Crippen LogP contribution in [-0.4, -0.2) is 50.5 Å². The third-order valence-corrected chi connectivity index (χ3v) is 4.29. The van der Waals surface area contributed by atoms with Gasteiger partial charge in [-0.15, -0.1) is 0 Å². The van der Waals surface area contributed by atoms with Crippen LogP contribution in [0.15, 0.2) is 45.6 Å². The van der Waals surface area contributed by atoms with Crippen LogP contribution in [-0.2, 0) is 6.18 Å². The second kappa shape index (κ2) is 10.0. The normalized spacial score (nSPS) is 16.4. The minimum absolute atomic E-state index is 0.190. The summed E-state index contributed by atoms with van der Waals surface area (Å²) >= 11 is 0. The van der Waals surface area contributed by atoms with Crippen LogP contribution in [0.2, 0.25) is 0 Å². The molecule has 0 bridgehead atoms. The Balaban J connectivity index is 2.41. The van der Waals surface area contributed by atoms with Gasteiger partial charge in [0.05, 0.1) is 17.8 Å². The van der Waals surface area contributed by atoms with E-state index in [9.17, 15) is 13.2 Å². The van der Waals surface area contributed by atoms with Crippen molar-refractivity contribution in [3.8, 4) is 0 Å². The Bertz CT molecular complexity index is 748. The molecule has 9 heteroatoms. The van der Waals surface area contributed by atoms with Gasteiger partial charge in [0.15, 0.2) is 0 Å². The van der Waals surface area contributed by atoms with Crippen LogP contribution in [0, 0.1) is 5.41 Å². The maximum Gasteiger partial charge on any atom is 0.416 e. The van der Waals surface area contributed by atoms with E-state index in [1.807, 2.05) is 0 Å². The molecule has 0 spiro atoms. The molecule has 152 valence electrons. The Morgan fingerprint density at radius 3 is 2.57 bits per heavy atom. The second-order valence-corrected chi connectivity index (χ2v) is 6.31. The maximum atomic E-state index is 13.0. The molecule has 0 atom stereocenters. The highest BCUT2D eigenvalue weighted by molar-refractivity contribution is 6.15. The minimum Gasteiger partial charge on any atom is -0.356 e. The van der Waals surface area contributed by atoms with Crippen molar-refractivity contribution in [3.05, 3.63) is 41.2 Å². The van der Waals surface area contributed by atoms with Crippen LogP contribution < -0.4 is 10.6 Å². The van der Waals surface area contributed by atoms with Crippen LogP contribution in [0.25, 0.3) is 0 Å². The topological polar surface area (TPSA) is 75.9 Å². The number of nitrogens with zero attached hydrogens (tertiary/aromatic N) is 3. The largest absolute Gasteiger partial charge is 0.416 e. The van der Waals surface area contributed by atoms with E-state index >= 15 is 0 Å². The minimum atomic E-state index is -4.44. The molecule has 0 radical (unpaired) electrons. The smallest absolute Gasteiger partial charge is 0.356 e. The van der Waals surface area contributed by atoms with E-state index in [2.05, 4.69) is 32.2 Å². The molecule has 1 heterocycles. The number of likely N-dealkylation sites (tertiary alicyclic amines) is 1. The average molecular weight is 394 g/mol. The fourth-order valence-corrected chi connectivity index (χ4v) is 2.96. The summed E-state index contributed by atoms with van der Waals surface area (Å²) in [6.45, 7) is 5.46. The number of piperidine rings is 1. The van der Waals surface area contributed by atoms with Crippen molar-refractivity contribution in [2.75, 3.05) is 32.1 Å². The van der Waals surface area contributed by atoms with Gasteiger partial charge >= 0.3 is 6.18 Å². The number of hydrogen-bond acceptors (Lipinski definition) is 5. The zero-order valence-electron chi connectivity index (χ0n) is 15.8. The second-order valence-electron chi connectivity index (χ2n) is 6.31. The van der Waals surface area contributed by atoms with Gasteiger partial charge < -0.3 is 20.9 Å². The van der Waals surface area contributed by atoms with Crippen LogP contribution in [0.5, 0.6) is 0 Å². The van der Waals surface area contributed by atoms with Gasteiger partial charge in [0.2, 0.25) is 0 Å². The lowest BCUT2D eigenvalue weighted by molar-refractivity contribution is -0.137. The molecule has 0 unspecified atom stereocenters. The number of anilines is 1. The van der Waals surface area contributed by atoms with E-state index in [0.29, 0.717) is 18.1 Å². The first-order valence-electron chi connectivity index (χ1n) is 9.00.